The highest BCUT2D eigenvalue weighted by Gasteiger charge is 2.39. The predicted molar refractivity (Wildman–Crippen MR) is 74.0 cm³/mol. The molecule has 5 nitrogen and oxygen atoms in total. The zero-order valence-electron chi connectivity index (χ0n) is 12.0. The van der Waals surface area contributed by atoms with Crippen molar-refractivity contribution >= 4 is 11.4 Å². The molecule has 1 unspecified atom stereocenters. The highest BCUT2D eigenvalue weighted by Crippen LogP contribution is 2.38. The Morgan fingerprint density at radius 2 is 1.95 bits per heavy atom. The summed E-state index contributed by atoms with van der Waals surface area (Å²) < 4.78 is 38.7. The molecular weight excluding hydrogens is 287 g/mol. The van der Waals surface area contributed by atoms with Crippen LogP contribution in [0.5, 0.6) is 0 Å². The van der Waals surface area contributed by atoms with Gasteiger partial charge in [-0.15, -0.1) is 0 Å². The summed E-state index contributed by atoms with van der Waals surface area (Å²) in [6.07, 6.45) is -4.79. The average molecular weight is 305 g/mol. The molecule has 8 heteroatoms. The Hall–Kier alpha value is -1.83. The molecule has 0 saturated heterocycles. The fourth-order valence-electron chi connectivity index (χ4n) is 1.76. The molecule has 118 valence electrons. The summed E-state index contributed by atoms with van der Waals surface area (Å²) in [6, 6.07) is 2.85. The highest BCUT2D eigenvalue weighted by molar-refractivity contribution is 5.56. The van der Waals surface area contributed by atoms with Crippen LogP contribution in [0.2, 0.25) is 0 Å². The van der Waals surface area contributed by atoms with Crippen molar-refractivity contribution in [3.8, 4) is 0 Å². The Morgan fingerprint density at radius 3 is 2.33 bits per heavy atom. The number of nitrogens with one attached hydrogen (secondary N) is 1. The van der Waals surface area contributed by atoms with E-state index >= 15 is 0 Å². The van der Waals surface area contributed by atoms with Crippen molar-refractivity contribution in [2.75, 3.05) is 11.9 Å². The number of nitro groups is 1. The van der Waals surface area contributed by atoms with Gasteiger partial charge < -0.3 is 11.1 Å². The van der Waals surface area contributed by atoms with Crippen LogP contribution in [0.3, 0.4) is 0 Å². The number of nitro benzene ring substituents is 1. The summed E-state index contributed by atoms with van der Waals surface area (Å²) in [5, 5.41) is 13.6. The number of halogens is 3. The first-order valence-electron chi connectivity index (χ1n) is 6.35. The van der Waals surface area contributed by atoms with Crippen LogP contribution in [0.4, 0.5) is 24.5 Å². The van der Waals surface area contributed by atoms with Gasteiger partial charge >= 0.3 is 6.18 Å². The lowest BCUT2D eigenvalue weighted by Gasteiger charge is -2.34. The maximum atomic E-state index is 12.9. The van der Waals surface area contributed by atoms with E-state index in [-0.39, 0.29) is 18.2 Å². The minimum absolute atomic E-state index is 0.0621. The second-order valence-corrected chi connectivity index (χ2v) is 5.39. The molecule has 0 heterocycles. The first-order valence-corrected chi connectivity index (χ1v) is 6.35. The third-order valence-electron chi connectivity index (χ3n) is 3.63. The second kappa shape index (κ2) is 5.88. The van der Waals surface area contributed by atoms with Gasteiger partial charge in [0.05, 0.1) is 4.92 Å². The SMILES string of the molecule is CC(C)C(C)(CN)Nc1ccc([N+](=O)[O-])c(C(F)(F)F)c1. The summed E-state index contributed by atoms with van der Waals surface area (Å²) in [7, 11) is 0. The Bertz CT molecular complexity index is 532. The van der Waals surface area contributed by atoms with E-state index < -0.39 is 27.9 Å². The lowest BCUT2D eigenvalue weighted by molar-refractivity contribution is -0.388. The minimum Gasteiger partial charge on any atom is -0.378 e. The molecule has 0 amide bonds. The van der Waals surface area contributed by atoms with Crippen molar-refractivity contribution in [1.82, 2.24) is 0 Å². The lowest BCUT2D eigenvalue weighted by Crippen LogP contribution is -2.47. The van der Waals surface area contributed by atoms with Gasteiger partial charge in [-0.3, -0.25) is 10.1 Å². The first-order chi connectivity index (χ1) is 9.51. The van der Waals surface area contributed by atoms with E-state index in [1.165, 1.54) is 6.07 Å². The van der Waals surface area contributed by atoms with Gasteiger partial charge in [-0.2, -0.15) is 13.2 Å². The maximum absolute atomic E-state index is 12.9. The van der Waals surface area contributed by atoms with Crippen LogP contribution in [0, 0.1) is 16.0 Å². The molecule has 0 spiro atoms. The number of hydrogen-bond acceptors (Lipinski definition) is 4. The third kappa shape index (κ3) is 3.84. The van der Waals surface area contributed by atoms with Crippen LogP contribution >= 0.6 is 0 Å². The summed E-state index contributed by atoms with van der Waals surface area (Å²) in [5.74, 6) is 0.0621. The molecule has 0 aliphatic rings. The molecule has 3 N–H and O–H groups in total. The van der Waals surface area contributed by atoms with Gasteiger partial charge in [0, 0.05) is 23.8 Å². The molecule has 1 rings (SSSR count). The van der Waals surface area contributed by atoms with Gasteiger partial charge in [-0.25, -0.2) is 0 Å². The normalized spacial score (nSPS) is 14.9. The molecule has 1 aromatic rings. The number of hydrogen-bond donors (Lipinski definition) is 2. The summed E-state index contributed by atoms with van der Waals surface area (Å²) in [5.41, 5.74) is 2.96. The van der Waals surface area contributed by atoms with Gasteiger partial charge in [-0.1, -0.05) is 13.8 Å². The van der Waals surface area contributed by atoms with E-state index in [2.05, 4.69) is 5.32 Å². The van der Waals surface area contributed by atoms with Gasteiger partial charge in [0.2, 0.25) is 0 Å². The topological polar surface area (TPSA) is 81.2 Å². The molecule has 1 atom stereocenters. The minimum atomic E-state index is -4.79. The molecular formula is C13H18F3N3O2. The standard InChI is InChI=1S/C13H18F3N3O2/c1-8(2)12(3,7-17)18-9-4-5-11(19(20)21)10(6-9)13(14,15)16/h4-6,8,18H,7,17H2,1-3H3. The largest absolute Gasteiger partial charge is 0.423 e. The molecule has 0 bridgehead atoms. The van der Waals surface area contributed by atoms with E-state index in [4.69, 9.17) is 5.73 Å². The summed E-state index contributed by atoms with van der Waals surface area (Å²) >= 11 is 0. The predicted octanol–water partition coefficient (Wildman–Crippen LogP) is 3.40. The fraction of sp³-hybridized carbons (Fsp3) is 0.538. The van der Waals surface area contributed by atoms with Crippen molar-refractivity contribution in [2.45, 2.75) is 32.5 Å². The molecule has 1 aromatic carbocycles. The number of benzene rings is 1. The molecule has 21 heavy (non-hydrogen) atoms. The zero-order valence-corrected chi connectivity index (χ0v) is 12.0. The third-order valence-corrected chi connectivity index (χ3v) is 3.63. The Morgan fingerprint density at radius 1 is 1.38 bits per heavy atom. The average Bonchev–Trinajstić information content (AvgIpc) is 2.37. The molecule has 0 radical (unpaired) electrons. The maximum Gasteiger partial charge on any atom is 0.423 e. The number of rotatable bonds is 5. The van der Waals surface area contributed by atoms with Crippen molar-refractivity contribution in [1.29, 1.82) is 0 Å². The molecule has 0 aliphatic heterocycles. The number of nitrogens with two attached hydrogens (primary N) is 1. The second-order valence-electron chi connectivity index (χ2n) is 5.39. The van der Waals surface area contributed by atoms with Crippen molar-refractivity contribution in [3.05, 3.63) is 33.9 Å². The van der Waals surface area contributed by atoms with Crippen LogP contribution in [0.1, 0.15) is 26.3 Å². The van der Waals surface area contributed by atoms with Gasteiger partial charge in [0.25, 0.3) is 5.69 Å². The Kier molecular flexibility index (Phi) is 4.83. The van der Waals surface area contributed by atoms with E-state index in [9.17, 15) is 23.3 Å². The number of nitrogens with zero attached hydrogens (tertiary/aromatic N) is 1. The monoisotopic (exact) mass is 305 g/mol. The van der Waals surface area contributed by atoms with Gasteiger partial charge in [0.15, 0.2) is 0 Å². The molecule has 0 aliphatic carbocycles. The quantitative estimate of drug-likeness (QED) is 0.645. The van der Waals surface area contributed by atoms with E-state index in [0.717, 1.165) is 12.1 Å². The van der Waals surface area contributed by atoms with Crippen molar-refractivity contribution in [2.24, 2.45) is 11.7 Å². The summed E-state index contributed by atoms with van der Waals surface area (Å²) in [4.78, 5) is 9.65. The summed E-state index contributed by atoms with van der Waals surface area (Å²) in [6.45, 7) is 5.77. The molecule has 0 saturated carbocycles. The first kappa shape index (κ1) is 17.2. The van der Waals surface area contributed by atoms with Crippen LogP contribution in [0.25, 0.3) is 0 Å². The zero-order chi connectivity index (χ0) is 16.4. The Labute approximate surface area is 120 Å². The van der Waals surface area contributed by atoms with E-state index in [1.54, 1.807) is 6.92 Å². The smallest absolute Gasteiger partial charge is 0.378 e. The van der Waals surface area contributed by atoms with Crippen molar-refractivity contribution in [3.63, 3.8) is 0 Å². The van der Waals surface area contributed by atoms with Crippen LogP contribution in [0.15, 0.2) is 18.2 Å². The van der Waals surface area contributed by atoms with Gasteiger partial charge in [-0.05, 0) is 25.0 Å². The highest BCUT2D eigenvalue weighted by atomic mass is 19.4. The van der Waals surface area contributed by atoms with Crippen LogP contribution in [-0.2, 0) is 6.18 Å². The molecule has 0 aromatic heterocycles. The Balaban J connectivity index is 3.26. The van der Waals surface area contributed by atoms with Crippen molar-refractivity contribution < 1.29 is 18.1 Å². The molecule has 0 fully saturated rings. The fourth-order valence-corrected chi connectivity index (χ4v) is 1.76. The van der Waals surface area contributed by atoms with E-state index in [1.807, 2.05) is 13.8 Å². The number of anilines is 1. The number of alkyl halides is 3. The van der Waals surface area contributed by atoms with Crippen LogP contribution in [-0.4, -0.2) is 17.0 Å². The lowest BCUT2D eigenvalue weighted by atomic mass is 9.88. The van der Waals surface area contributed by atoms with E-state index in [0.29, 0.717) is 0 Å². The van der Waals surface area contributed by atoms with Crippen LogP contribution < -0.4 is 11.1 Å². The van der Waals surface area contributed by atoms with Gasteiger partial charge in [0.1, 0.15) is 5.56 Å².